The first kappa shape index (κ1) is 37.5. The Balaban J connectivity index is 0.000000245. The molecule has 0 spiro atoms. The summed E-state index contributed by atoms with van der Waals surface area (Å²) in [6, 6.07) is 10.4. The zero-order valence-electron chi connectivity index (χ0n) is 26.2. The van der Waals surface area contributed by atoms with Crippen LogP contribution in [0.15, 0.2) is 34.8 Å². The van der Waals surface area contributed by atoms with Crippen molar-refractivity contribution in [2.24, 2.45) is 5.92 Å². The van der Waals surface area contributed by atoms with Crippen LogP contribution < -0.4 is 5.32 Å². The number of carbonyl (C=O) groups excluding carboxylic acids is 3. The van der Waals surface area contributed by atoms with E-state index in [4.69, 9.17) is 11.6 Å². The molecule has 1 saturated heterocycles. The van der Waals surface area contributed by atoms with Crippen LogP contribution in [0.4, 0.5) is 23.7 Å². The summed E-state index contributed by atoms with van der Waals surface area (Å²) in [6.45, 7) is 2.83. The molecule has 2 aromatic carbocycles. The molecule has 14 heteroatoms. The fourth-order valence-corrected chi connectivity index (χ4v) is 6.62. The maximum absolute atomic E-state index is 12.7. The Kier molecular flexibility index (Phi) is 15.0. The molecule has 1 fully saturated rings. The van der Waals surface area contributed by atoms with Gasteiger partial charge in [-0.05, 0) is 97.6 Å². The van der Waals surface area contributed by atoms with Gasteiger partial charge in [0.25, 0.3) is 6.43 Å². The molecule has 2 N–H and O–H groups in total. The summed E-state index contributed by atoms with van der Waals surface area (Å²) in [5.41, 5.74) is 4.29. The molecule has 3 heterocycles. The Morgan fingerprint density at radius 2 is 1.87 bits per heavy atom. The monoisotopic (exact) mass is 728 g/mol. The first-order valence-electron chi connectivity index (χ1n) is 15.0. The van der Waals surface area contributed by atoms with Crippen molar-refractivity contribution in [3.8, 4) is 0 Å². The molecule has 2 amide bonds. The number of H-pyrrole nitrogens is 1. The molecule has 0 bridgehead atoms. The van der Waals surface area contributed by atoms with Crippen molar-refractivity contribution in [2.75, 3.05) is 52.8 Å². The topological polar surface area (TPSA) is 102 Å². The van der Waals surface area contributed by atoms with E-state index in [1.807, 2.05) is 23.1 Å². The van der Waals surface area contributed by atoms with Crippen LogP contribution in [-0.2, 0) is 29.0 Å². The van der Waals surface area contributed by atoms with Crippen LogP contribution >= 0.6 is 27.5 Å². The lowest BCUT2D eigenvalue weighted by atomic mass is 9.92. The maximum Gasteiger partial charge on any atom is 0.322 e. The van der Waals surface area contributed by atoms with Gasteiger partial charge in [0.15, 0.2) is 0 Å². The summed E-state index contributed by atoms with van der Waals surface area (Å²) in [7, 11) is 4.23. The molecular weight excluding hydrogens is 689 g/mol. The summed E-state index contributed by atoms with van der Waals surface area (Å²) in [5, 5.41) is 10.8. The highest BCUT2D eigenvalue weighted by Crippen LogP contribution is 2.35. The molecule has 0 unspecified atom stereocenters. The molecule has 1 atom stereocenters. The van der Waals surface area contributed by atoms with E-state index in [9.17, 15) is 27.6 Å². The predicted octanol–water partition coefficient (Wildman–Crippen LogP) is 6.38. The molecule has 252 valence electrons. The first-order valence-corrected chi connectivity index (χ1v) is 16.2. The van der Waals surface area contributed by atoms with Crippen LogP contribution in [0, 0.1) is 5.92 Å². The smallest absolute Gasteiger partial charge is 0.321 e. The quantitative estimate of drug-likeness (QED) is 0.235. The Labute approximate surface area is 280 Å². The summed E-state index contributed by atoms with van der Waals surface area (Å²) in [6.07, 6.45) is 2.50. The van der Waals surface area contributed by atoms with Gasteiger partial charge in [0.1, 0.15) is 23.2 Å². The van der Waals surface area contributed by atoms with Crippen molar-refractivity contribution in [2.45, 2.75) is 51.1 Å². The Morgan fingerprint density at radius 1 is 1.17 bits per heavy atom. The van der Waals surface area contributed by atoms with Gasteiger partial charge < -0.3 is 24.7 Å². The number of aromatic nitrogens is 2. The van der Waals surface area contributed by atoms with Gasteiger partial charge in [-0.25, -0.2) is 13.6 Å². The number of nitrogens with zero attached hydrogens (tertiary/aromatic N) is 4. The van der Waals surface area contributed by atoms with Gasteiger partial charge in [-0.15, -0.1) is 0 Å². The number of benzene rings is 2. The number of likely N-dealkylation sites (tertiary alicyclic amines) is 1. The normalized spacial score (nSPS) is 16.1. The highest BCUT2D eigenvalue weighted by atomic mass is 79.9. The molecule has 0 aliphatic carbocycles. The number of para-hydroxylation sites is 1. The number of amides is 2. The van der Waals surface area contributed by atoms with E-state index >= 15 is 0 Å². The van der Waals surface area contributed by atoms with Crippen LogP contribution in [0.2, 0.25) is 5.15 Å². The average molecular weight is 730 g/mol. The van der Waals surface area contributed by atoms with Crippen molar-refractivity contribution in [1.29, 1.82) is 0 Å². The SMILES string of the molecule is CF.CN(Cc1c(C[C@H](C=O)CC=O)cc(Br)c2n[nH]c(Cl)c12)CC(F)F.CN1CCC(N2CCc3ccccc3NC2=O)CC1. The number of nitrogens with one attached hydrogen (secondary N) is 2. The third-order valence-electron chi connectivity index (χ3n) is 8.16. The molecule has 0 radical (unpaired) electrons. The van der Waals surface area contributed by atoms with Crippen LogP contribution in [-0.4, -0.2) is 103 Å². The third-order valence-corrected chi connectivity index (χ3v) is 9.04. The average Bonchev–Trinajstić information content (AvgIpc) is 3.34. The lowest BCUT2D eigenvalue weighted by Crippen LogP contribution is -2.48. The number of hydrogen-bond donors (Lipinski definition) is 2. The second-order valence-electron chi connectivity index (χ2n) is 11.4. The number of piperidine rings is 1. The second-order valence-corrected chi connectivity index (χ2v) is 12.6. The van der Waals surface area contributed by atoms with Crippen molar-refractivity contribution >= 4 is 62.7 Å². The highest BCUT2D eigenvalue weighted by molar-refractivity contribution is 9.10. The van der Waals surface area contributed by atoms with E-state index in [0.29, 0.717) is 46.5 Å². The lowest BCUT2D eigenvalue weighted by molar-refractivity contribution is -0.115. The second kappa shape index (κ2) is 18.4. The minimum atomic E-state index is -2.46. The van der Waals surface area contributed by atoms with E-state index in [-0.39, 0.29) is 19.0 Å². The van der Waals surface area contributed by atoms with Crippen LogP contribution in [0.25, 0.3) is 10.9 Å². The fraction of sp³-hybridized carbons (Fsp3) is 0.500. The zero-order valence-corrected chi connectivity index (χ0v) is 28.6. The summed E-state index contributed by atoms with van der Waals surface area (Å²) in [5.74, 6) is -0.480. The van der Waals surface area contributed by atoms with Crippen molar-refractivity contribution in [3.63, 3.8) is 0 Å². The number of alkyl halides is 3. The van der Waals surface area contributed by atoms with Gasteiger partial charge >= 0.3 is 6.03 Å². The fourth-order valence-electron chi connectivity index (χ4n) is 5.81. The van der Waals surface area contributed by atoms with Crippen LogP contribution in [0.1, 0.15) is 36.0 Å². The number of aromatic amines is 1. The molecule has 46 heavy (non-hydrogen) atoms. The van der Waals surface area contributed by atoms with Gasteiger partial charge in [0.05, 0.1) is 13.7 Å². The Morgan fingerprint density at radius 3 is 2.52 bits per heavy atom. The van der Waals surface area contributed by atoms with E-state index in [0.717, 1.165) is 62.0 Å². The molecule has 1 aromatic heterocycles. The largest absolute Gasteiger partial charge is 0.322 e. The molecular formula is C32H41BrClF3N6O3. The number of carbonyl (C=O) groups is 3. The van der Waals surface area contributed by atoms with Gasteiger partial charge in [0, 0.05) is 47.0 Å². The molecule has 3 aromatic rings. The van der Waals surface area contributed by atoms with Gasteiger partial charge in [-0.3, -0.25) is 14.4 Å². The van der Waals surface area contributed by atoms with Crippen molar-refractivity contribution in [3.05, 3.63) is 56.6 Å². The number of halogens is 5. The van der Waals surface area contributed by atoms with Gasteiger partial charge in [-0.2, -0.15) is 5.10 Å². The first-order chi connectivity index (χ1) is 22.1. The molecule has 0 saturated carbocycles. The third kappa shape index (κ3) is 10.00. The maximum atomic E-state index is 12.7. The molecule has 9 nitrogen and oxygen atoms in total. The number of urea groups is 1. The number of rotatable bonds is 10. The minimum absolute atomic E-state index is 0.0690. The molecule has 2 aliphatic rings. The molecule has 5 rings (SSSR count). The predicted molar refractivity (Wildman–Crippen MR) is 179 cm³/mol. The Bertz CT molecular complexity index is 1450. The standard InChI is InChI=1S/C16H17BrClF2N3O2.C15H21N3O.CH3F/c1-23(7-13(19)20)6-11-10(4-9(8-25)2-3-24)5-12(17)15-14(11)16(18)22-21-15;1-17-9-7-13(8-10-17)18-11-6-12-4-2-3-5-14(12)16-15(18)19;1-2/h3,5,8-9,13H,2,4,6-7H2,1H3,(H,21,22);2-5,13H,6-11H2,1H3,(H,16,19);1H3/t9-;;/m1../s1. The number of hydrogen-bond acceptors (Lipinski definition) is 6. The van der Waals surface area contributed by atoms with E-state index in [1.165, 1.54) is 10.5 Å². The number of aldehydes is 2. The van der Waals surface area contributed by atoms with Gasteiger partial charge in [0.2, 0.25) is 0 Å². The summed E-state index contributed by atoms with van der Waals surface area (Å²) in [4.78, 5) is 40.2. The van der Waals surface area contributed by atoms with E-state index in [2.05, 4.69) is 49.5 Å². The van der Waals surface area contributed by atoms with Crippen molar-refractivity contribution < 1.29 is 27.6 Å². The van der Waals surface area contributed by atoms with Crippen molar-refractivity contribution in [1.82, 2.24) is 24.9 Å². The Hall–Kier alpha value is -3.00. The lowest BCUT2D eigenvalue weighted by Gasteiger charge is -2.36. The van der Waals surface area contributed by atoms with E-state index in [1.54, 1.807) is 13.1 Å². The highest BCUT2D eigenvalue weighted by Gasteiger charge is 2.29. The number of fused-ring (bicyclic) bond motifs is 2. The zero-order chi connectivity index (χ0) is 33.8. The van der Waals surface area contributed by atoms with Gasteiger partial charge in [-0.1, -0.05) is 29.8 Å². The van der Waals surface area contributed by atoms with E-state index < -0.39 is 18.9 Å². The number of anilines is 1. The summed E-state index contributed by atoms with van der Waals surface area (Å²) < 4.78 is 35.5. The minimum Gasteiger partial charge on any atom is -0.321 e. The van der Waals surface area contributed by atoms with Crippen LogP contribution in [0.5, 0.6) is 0 Å². The van der Waals surface area contributed by atoms with Crippen LogP contribution in [0.3, 0.4) is 0 Å². The molecule has 2 aliphatic heterocycles. The summed E-state index contributed by atoms with van der Waals surface area (Å²) >= 11 is 9.63.